The number of fused-ring (bicyclic) bond motifs is 2. The van der Waals surface area contributed by atoms with Crippen molar-refractivity contribution in [1.29, 1.82) is 0 Å². The number of hydrogen-bond acceptors (Lipinski definition) is 5. The van der Waals surface area contributed by atoms with E-state index in [9.17, 15) is 14.8 Å². The van der Waals surface area contributed by atoms with Crippen LogP contribution < -0.4 is 0 Å². The van der Waals surface area contributed by atoms with Gasteiger partial charge in [0.1, 0.15) is 0 Å². The molecule has 0 fully saturated rings. The zero-order valence-corrected chi connectivity index (χ0v) is 15.7. The number of hydrogen-bond donors (Lipinski definition) is 1. The number of carbonyl (C=O) groups excluding carboxylic acids is 2. The molecule has 1 N–H and O–H groups in total. The Morgan fingerprint density at radius 1 is 1.04 bits per heavy atom. The first-order chi connectivity index (χ1) is 13.1. The number of ether oxygens (including phenoxy) is 1. The van der Waals surface area contributed by atoms with Crippen LogP contribution in [0.3, 0.4) is 0 Å². The van der Waals surface area contributed by atoms with Crippen molar-refractivity contribution in [2.24, 2.45) is 0 Å². The second kappa shape index (κ2) is 8.03. The van der Waals surface area contributed by atoms with E-state index in [4.69, 9.17) is 9.62 Å². The predicted octanol–water partition coefficient (Wildman–Crippen LogP) is 4.61. The number of rotatable bonds is 7. The Hall–Kier alpha value is -2.50. The molecule has 0 aliphatic heterocycles. The molecule has 142 valence electrons. The molecule has 3 rings (SSSR count). The topological polar surface area (TPSA) is 72.8 Å². The summed E-state index contributed by atoms with van der Waals surface area (Å²) >= 11 is 0. The Morgan fingerprint density at radius 2 is 1.78 bits per heavy atom. The molecule has 0 bridgehead atoms. The first-order valence-electron chi connectivity index (χ1n) is 9.39. The quantitative estimate of drug-likeness (QED) is 0.254. The first-order valence-corrected chi connectivity index (χ1v) is 9.39. The molecular formula is C22H24O5. The van der Waals surface area contributed by atoms with Gasteiger partial charge >= 0.3 is 5.97 Å². The molecule has 27 heavy (non-hydrogen) atoms. The third-order valence-corrected chi connectivity index (χ3v) is 4.99. The highest BCUT2D eigenvalue weighted by Gasteiger charge is 2.49. The van der Waals surface area contributed by atoms with E-state index in [1.165, 1.54) is 0 Å². The lowest BCUT2D eigenvalue weighted by Gasteiger charge is -2.36. The van der Waals surface area contributed by atoms with Gasteiger partial charge in [-0.2, -0.15) is 4.89 Å². The smallest absolute Gasteiger partial charge is 0.308 e. The summed E-state index contributed by atoms with van der Waals surface area (Å²) in [5, 5.41) is 9.88. The van der Waals surface area contributed by atoms with Crippen molar-refractivity contribution in [2.45, 2.75) is 51.7 Å². The second-order valence-corrected chi connectivity index (χ2v) is 6.75. The minimum atomic E-state index is -1.84. The van der Waals surface area contributed by atoms with Gasteiger partial charge in [0.05, 0.1) is 0 Å². The fourth-order valence-electron chi connectivity index (χ4n) is 3.50. The van der Waals surface area contributed by atoms with Gasteiger partial charge in [0.25, 0.3) is 5.79 Å². The van der Waals surface area contributed by atoms with Crippen LogP contribution in [0.15, 0.2) is 42.5 Å². The summed E-state index contributed by atoms with van der Waals surface area (Å²) in [6, 6.07) is 12.0. The van der Waals surface area contributed by atoms with Crippen LogP contribution in [0.1, 0.15) is 72.1 Å². The first kappa shape index (κ1) is 19.3. The van der Waals surface area contributed by atoms with Gasteiger partial charge in [-0.1, -0.05) is 63.1 Å². The zero-order valence-electron chi connectivity index (χ0n) is 15.7. The van der Waals surface area contributed by atoms with Crippen LogP contribution >= 0.6 is 0 Å². The van der Waals surface area contributed by atoms with E-state index < -0.39 is 11.8 Å². The molecule has 5 nitrogen and oxygen atoms in total. The Balaban J connectivity index is 2.11. The van der Waals surface area contributed by atoms with Crippen molar-refractivity contribution in [2.75, 3.05) is 0 Å². The molecule has 2 aromatic rings. The van der Waals surface area contributed by atoms with E-state index in [2.05, 4.69) is 0 Å². The maximum atomic E-state index is 13.0. The van der Waals surface area contributed by atoms with E-state index in [0.717, 1.165) is 24.8 Å². The fraction of sp³-hybridized carbons (Fsp3) is 0.364. The molecule has 1 unspecified atom stereocenters. The maximum Gasteiger partial charge on any atom is 0.308 e. The molecule has 0 spiro atoms. The molecule has 0 radical (unpaired) electrons. The predicted molar refractivity (Wildman–Crippen MR) is 100 cm³/mol. The zero-order chi connectivity index (χ0) is 19.4. The van der Waals surface area contributed by atoms with Crippen molar-refractivity contribution in [1.82, 2.24) is 0 Å². The van der Waals surface area contributed by atoms with Gasteiger partial charge in [0, 0.05) is 28.7 Å². The summed E-state index contributed by atoms with van der Waals surface area (Å²) in [6.45, 7) is 4.04. The molecule has 0 saturated carbocycles. The summed E-state index contributed by atoms with van der Waals surface area (Å²) in [6.07, 6.45) is 3.56. The van der Waals surface area contributed by atoms with Crippen molar-refractivity contribution < 1.29 is 24.5 Å². The Kier molecular flexibility index (Phi) is 5.73. The lowest BCUT2D eigenvalue weighted by atomic mass is 9.79. The molecule has 0 amide bonds. The molecule has 1 aliphatic rings. The maximum absolute atomic E-state index is 13.0. The lowest BCUT2D eigenvalue weighted by molar-refractivity contribution is -0.384. The highest BCUT2D eigenvalue weighted by Crippen LogP contribution is 2.43. The number of benzene rings is 2. The molecule has 1 atom stereocenters. The van der Waals surface area contributed by atoms with E-state index >= 15 is 0 Å². The van der Waals surface area contributed by atoms with Crippen LogP contribution in [0.5, 0.6) is 0 Å². The van der Waals surface area contributed by atoms with Crippen LogP contribution in [0.25, 0.3) is 0 Å². The third-order valence-electron chi connectivity index (χ3n) is 4.99. The Labute approximate surface area is 158 Å². The third kappa shape index (κ3) is 3.40. The summed E-state index contributed by atoms with van der Waals surface area (Å²) in [4.78, 5) is 30.3. The summed E-state index contributed by atoms with van der Waals surface area (Å²) < 4.78 is 5.69. The van der Waals surface area contributed by atoms with Gasteiger partial charge in [-0.05, 0) is 24.5 Å². The number of unbranched alkanes of at least 4 members (excludes halogenated alkanes) is 2. The minimum Gasteiger partial charge on any atom is -0.421 e. The summed E-state index contributed by atoms with van der Waals surface area (Å²) in [5.41, 5.74) is 2.38. The molecule has 0 heterocycles. The van der Waals surface area contributed by atoms with E-state index in [1.54, 1.807) is 36.4 Å². The van der Waals surface area contributed by atoms with Crippen molar-refractivity contribution in [3.8, 4) is 0 Å². The van der Waals surface area contributed by atoms with Gasteiger partial charge in [-0.15, -0.1) is 0 Å². The van der Waals surface area contributed by atoms with Crippen molar-refractivity contribution >= 4 is 11.8 Å². The van der Waals surface area contributed by atoms with Gasteiger partial charge in [-0.25, -0.2) is 5.26 Å². The highest BCUT2D eigenvalue weighted by atomic mass is 17.1. The molecule has 1 aliphatic carbocycles. The number of aryl methyl sites for hydroxylation is 1. The average molecular weight is 368 g/mol. The average Bonchev–Trinajstić information content (AvgIpc) is 2.71. The Bertz CT molecular complexity index is 858. The largest absolute Gasteiger partial charge is 0.421 e. The van der Waals surface area contributed by atoms with E-state index in [-0.39, 0.29) is 12.2 Å². The lowest BCUT2D eigenvalue weighted by Crippen LogP contribution is -2.41. The minimum absolute atomic E-state index is 0.175. The van der Waals surface area contributed by atoms with Crippen LogP contribution in [0.2, 0.25) is 0 Å². The summed E-state index contributed by atoms with van der Waals surface area (Å²) in [5.74, 6) is -2.49. The highest BCUT2D eigenvalue weighted by molar-refractivity contribution is 6.13. The molecule has 2 aromatic carbocycles. The van der Waals surface area contributed by atoms with E-state index in [1.807, 2.05) is 19.9 Å². The standard InChI is InChI=1S/C22H24O5/c1-3-5-6-11-20(23)26-22(27-25)18-10-8-7-9-16(18)21(24)17-14-15(4-2)12-13-19(17)22/h7-10,12-14,25H,3-6,11H2,1-2H3. The monoisotopic (exact) mass is 368 g/mol. The number of carbonyl (C=O) groups is 2. The van der Waals surface area contributed by atoms with Crippen molar-refractivity contribution in [3.63, 3.8) is 0 Å². The van der Waals surface area contributed by atoms with Gasteiger partial charge < -0.3 is 4.74 Å². The van der Waals surface area contributed by atoms with Gasteiger partial charge in [0.2, 0.25) is 0 Å². The second-order valence-electron chi connectivity index (χ2n) is 6.75. The number of esters is 1. The molecule has 0 saturated heterocycles. The van der Waals surface area contributed by atoms with Gasteiger partial charge in [-0.3, -0.25) is 9.59 Å². The number of ketones is 1. The van der Waals surface area contributed by atoms with E-state index in [0.29, 0.717) is 28.7 Å². The molecule has 0 aromatic heterocycles. The van der Waals surface area contributed by atoms with Crippen LogP contribution in [-0.2, 0) is 26.6 Å². The fourth-order valence-corrected chi connectivity index (χ4v) is 3.50. The Morgan fingerprint density at radius 3 is 2.48 bits per heavy atom. The van der Waals surface area contributed by atoms with Crippen LogP contribution in [-0.4, -0.2) is 17.0 Å². The molecule has 5 heteroatoms. The molecular weight excluding hydrogens is 344 g/mol. The van der Waals surface area contributed by atoms with Crippen molar-refractivity contribution in [3.05, 3.63) is 70.3 Å². The normalized spacial score (nSPS) is 18.0. The van der Waals surface area contributed by atoms with Crippen LogP contribution in [0.4, 0.5) is 0 Å². The summed E-state index contributed by atoms with van der Waals surface area (Å²) in [7, 11) is 0. The van der Waals surface area contributed by atoms with Crippen LogP contribution in [0, 0.1) is 0 Å². The SMILES string of the molecule is CCCCCC(=O)OC1(OO)c2ccccc2C(=O)c2cc(CC)ccc21. The van der Waals surface area contributed by atoms with Gasteiger partial charge in [0.15, 0.2) is 5.78 Å².